The average Bonchev–Trinajstić information content (AvgIpc) is 2.38. The van der Waals surface area contributed by atoms with Crippen molar-refractivity contribution in [1.29, 1.82) is 0 Å². The van der Waals surface area contributed by atoms with Crippen molar-refractivity contribution in [2.45, 2.75) is 32.6 Å². The Morgan fingerprint density at radius 3 is 2.43 bits per heavy atom. The Morgan fingerprint density at radius 1 is 1.29 bits per heavy atom. The molecular formula is C16H23NO3S. The zero-order valence-corrected chi connectivity index (χ0v) is 14.0. The van der Waals surface area contributed by atoms with E-state index in [9.17, 15) is 9.59 Å². The molecule has 0 aliphatic heterocycles. The predicted octanol–water partition coefficient (Wildman–Crippen LogP) is 3.57. The molecule has 1 amide bonds. The van der Waals surface area contributed by atoms with Gasteiger partial charge in [0.05, 0.1) is 12.3 Å². The van der Waals surface area contributed by atoms with Gasteiger partial charge in [0, 0.05) is 4.90 Å². The monoisotopic (exact) mass is 309 g/mol. The van der Waals surface area contributed by atoms with Crippen LogP contribution in [0.15, 0.2) is 29.2 Å². The number of nitrogens with one attached hydrogen (secondary N) is 1. The van der Waals surface area contributed by atoms with Crippen LogP contribution in [0.4, 0.5) is 5.69 Å². The Labute approximate surface area is 130 Å². The number of carbonyl (C=O) groups is 2. The van der Waals surface area contributed by atoms with Gasteiger partial charge in [-0.2, -0.15) is 0 Å². The molecule has 1 aromatic carbocycles. The SMILES string of the molecule is CCOC(=O)C(C(=O)Nc1ccccc1SC)C(C)(C)C. The van der Waals surface area contributed by atoms with Crippen LogP contribution in [0, 0.1) is 11.3 Å². The number of anilines is 1. The maximum absolute atomic E-state index is 12.5. The van der Waals surface area contributed by atoms with Gasteiger partial charge in [-0.1, -0.05) is 32.9 Å². The molecule has 1 unspecified atom stereocenters. The van der Waals surface area contributed by atoms with Crippen LogP contribution in [0.25, 0.3) is 0 Å². The van der Waals surface area contributed by atoms with Crippen molar-refractivity contribution in [1.82, 2.24) is 0 Å². The second kappa shape index (κ2) is 7.50. The van der Waals surface area contributed by atoms with Gasteiger partial charge in [-0.15, -0.1) is 11.8 Å². The first kappa shape index (κ1) is 17.6. The van der Waals surface area contributed by atoms with E-state index < -0.39 is 17.3 Å². The number of para-hydroxylation sites is 1. The van der Waals surface area contributed by atoms with E-state index in [0.29, 0.717) is 5.69 Å². The molecule has 4 nitrogen and oxygen atoms in total. The normalized spacial score (nSPS) is 12.6. The van der Waals surface area contributed by atoms with Crippen molar-refractivity contribution < 1.29 is 14.3 Å². The summed E-state index contributed by atoms with van der Waals surface area (Å²) in [4.78, 5) is 25.6. The molecule has 0 aromatic heterocycles. The average molecular weight is 309 g/mol. The molecule has 1 rings (SSSR count). The Bertz CT molecular complexity index is 508. The topological polar surface area (TPSA) is 55.4 Å². The standard InChI is InChI=1S/C16H23NO3S/c1-6-20-15(19)13(16(2,3)4)14(18)17-11-9-7-8-10-12(11)21-5/h7-10,13H,6H2,1-5H3,(H,17,18). The maximum Gasteiger partial charge on any atom is 0.319 e. The summed E-state index contributed by atoms with van der Waals surface area (Å²) in [6.07, 6.45) is 1.94. The molecule has 0 saturated heterocycles. The van der Waals surface area contributed by atoms with E-state index in [-0.39, 0.29) is 12.5 Å². The summed E-state index contributed by atoms with van der Waals surface area (Å²) in [5, 5.41) is 2.85. The molecule has 1 atom stereocenters. The van der Waals surface area contributed by atoms with Crippen LogP contribution in [-0.2, 0) is 14.3 Å². The fourth-order valence-corrected chi connectivity index (χ4v) is 2.59. The molecular weight excluding hydrogens is 286 g/mol. The van der Waals surface area contributed by atoms with Gasteiger partial charge in [0.15, 0.2) is 0 Å². The van der Waals surface area contributed by atoms with Crippen molar-refractivity contribution in [3.05, 3.63) is 24.3 Å². The second-order valence-corrected chi connectivity index (χ2v) is 6.59. The third kappa shape index (κ3) is 4.77. The van der Waals surface area contributed by atoms with Crippen molar-refractivity contribution in [3.63, 3.8) is 0 Å². The van der Waals surface area contributed by atoms with Gasteiger partial charge in [0.2, 0.25) is 5.91 Å². The van der Waals surface area contributed by atoms with Crippen molar-refractivity contribution >= 4 is 29.3 Å². The number of hydrogen-bond acceptors (Lipinski definition) is 4. The number of hydrogen-bond donors (Lipinski definition) is 1. The minimum Gasteiger partial charge on any atom is -0.465 e. The van der Waals surface area contributed by atoms with E-state index in [1.54, 1.807) is 18.7 Å². The van der Waals surface area contributed by atoms with E-state index in [1.165, 1.54) is 0 Å². The fourth-order valence-electron chi connectivity index (χ4n) is 2.03. The van der Waals surface area contributed by atoms with E-state index in [2.05, 4.69) is 5.32 Å². The molecule has 0 radical (unpaired) electrons. The summed E-state index contributed by atoms with van der Waals surface area (Å²) in [6.45, 7) is 7.57. The van der Waals surface area contributed by atoms with E-state index >= 15 is 0 Å². The van der Waals surface area contributed by atoms with Gasteiger partial charge in [-0.25, -0.2) is 0 Å². The Hall–Kier alpha value is -1.49. The molecule has 0 aliphatic rings. The fraction of sp³-hybridized carbons (Fsp3) is 0.500. The molecule has 1 aromatic rings. The Balaban J connectivity index is 2.99. The van der Waals surface area contributed by atoms with Crippen LogP contribution in [0.5, 0.6) is 0 Å². The molecule has 116 valence electrons. The van der Waals surface area contributed by atoms with Crippen LogP contribution >= 0.6 is 11.8 Å². The van der Waals surface area contributed by atoms with E-state index in [4.69, 9.17) is 4.74 Å². The number of esters is 1. The summed E-state index contributed by atoms with van der Waals surface area (Å²) >= 11 is 1.54. The van der Waals surface area contributed by atoms with Gasteiger partial charge < -0.3 is 10.1 Å². The van der Waals surface area contributed by atoms with Gasteiger partial charge in [-0.3, -0.25) is 9.59 Å². The van der Waals surface area contributed by atoms with Crippen LogP contribution in [0.2, 0.25) is 0 Å². The largest absolute Gasteiger partial charge is 0.465 e. The number of thioether (sulfide) groups is 1. The highest BCUT2D eigenvalue weighted by molar-refractivity contribution is 7.98. The predicted molar refractivity (Wildman–Crippen MR) is 86.4 cm³/mol. The molecule has 0 heterocycles. The number of benzene rings is 1. The van der Waals surface area contributed by atoms with Crippen molar-refractivity contribution in [2.75, 3.05) is 18.2 Å². The number of carbonyl (C=O) groups excluding carboxylic acids is 2. The van der Waals surface area contributed by atoms with Crippen LogP contribution in [-0.4, -0.2) is 24.7 Å². The molecule has 0 saturated carbocycles. The highest BCUT2D eigenvalue weighted by Crippen LogP contribution is 2.30. The number of ether oxygens (including phenoxy) is 1. The minimum absolute atomic E-state index is 0.264. The molecule has 0 fully saturated rings. The van der Waals surface area contributed by atoms with Crippen LogP contribution < -0.4 is 5.32 Å². The second-order valence-electron chi connectivity index (χ2n) is 5.74. The zero-order chi connectivity index (χ0) is 16.0. The summed E-state index contributed by atoms with van der Waals surface area (Å²) in [7, 11) is 0. The van der Waals surface area contributed by atoms with Crippen molar-refractivity contribution in [2.24, 2.45) is 11.3 Å². The zero-order valence-electron chi connectivity index (χ0n) is 13.2. The smallest absolute Gasteiger partial charge is 0.319 e. The Kier molecular flexibility index (Phi) is 6.27. The molecule has 0 spiro atoms. The van der Waals surface area contributed by atoms with Crippen LogP contribution in [0.3, 0.4) is 0 Å². The Morgan fingerprint density at radius 2 is 1.90 bits per heavy atom. The van der Waals surface area contributed by atoms with Gasteiger partial charge in [-0.05, 0) is 30.7 Å². The molecule has 21 heavy (non-hydrogen) atoms. The first-order valence-corrected chi connectivity index (χ1v) is 8.14. The summed E-state index contributed by atoms with van der Waals surface area (Å²) in [5.41, 5.74) is 0.207. The molecule has 5 heteroatoms. The van der Waals surface area contributed by atoms with E-state index in [0.717, 1.165) is 4.90 Å². The van der Waals surface area contributed by atoms with E-state index in [1.807, 2.05) is 51.3 Å². The van der Waals surface area contributed by atoms with Crippen molar-refractivity contribution in [3.8, 4) is 0 Å². The van der Waals surface area contributed by atoms with Crippen LogP contribution in [0.1, 0.15) is 27.7 Å². The first-order chi connectivity index (χ1) is 9.81. The number of amides is 1. The summed E-state index contributed by atoms with van der Waals surface area (Å²) in [6, 6.07) is 7.52. The molecule has 0 bridgehead atoms. The third-order valence-corrected chi connectivity index (χ3v) is 3.81. The lowest BCUT2D eigenvalue weighted by Crippen LogP contribution is -2.40. The van der Waals surface area contributed by atoms with Gasteiger partial charge in [0.1, 0.15) is 5.92 Å². The number of rotatable bonds is 5. The minimum atomic E-state index is -0.840. The highest BCUT2D eigenvalue weighted by atomic mass is 32.2. The lowest BCUT2D eigenvalue weighted by Gasteiger charge is -2.27. The highest BCUT2D eigenvalue weighted by Gasteiger charge is 2.39. The maximum atomic E-state index is 12.5. The first-order valence-electron chi connectivity index (χ1n) is 6.91. The molecule has 1 N–H and O–H groups in total. The summed E-state index contributed by atoms with van der Waals surface area (Å²) < 4.78 is 5.04. The lowest BCUT2D eigenvalue weighted by atomic mass is 9.80. The summed E-state index contributed by atoms with van der Waals surface area (Å²) in [5.74, 6) is -1.65. The lowest BCUT2D eigenvalue weighted by molar-refractivity contribution is -0.155. The quantitative estimate of drug-likeness (QED) is 0.513. The van der Waals surface area contributed by atoms with Gasteiger partial charge >= 0.3 is 5.97 Å². The van der Waals surface area contributed by atoms with Gasteiger partial charge in [0.25, 0.3) is 0 Å². The molecule has 0 aliphatic carbocycles. The third-order valence-electron chi connectivity index (χ3n) is 3.02.